The zero-order chi connectivity index (χ0) is 9.90. The Kier molecular flexibility index (Phi) is 3.31. The summed E-state index contributed by atoms with van der Waals surface area (Å²) in [7, 11) is 0. The van der Waals surface area contributed by atoms with Crippen molar-refractivity contribution in [3.05, 3.63) is 22.9 Å². The van der Waals surface area contributed by atoms with E-state index in [1.54, 1.807) is 12.4 Å². The minimum atomic E-state index is 0.176. The van der Waals surface area contributed by atoms with E-state index in [1.807, 2.05) is 6.07 Å². The largest absolute Gasteiger partial charge is 0.490 e. The van der Waals surface area contributed by atoms with Crippen LogP contribution in [0.5, 0.6) is 5.75 Å². The highest BCUT2D eigenvalue weighted by Crippen LogP contribution is 2.24. The molecule has 0 spiro atoms. The topological polar surface area (TPSA) is 22.1 Å². The second kappa shape index (κ2) is 4.09. The number of halogens is 1. The molecule has 2 nitrogen and oxygen atoms in total. The van der Waals surface area contributed by atoms with Crippen LogP contribution in [0.3, 0.4) is 0 Å². The number of rotatable bonds is 2. The minimum Gasteiger partial charge on any atom is -0.490 e. The predicted molar refractivity (Wildman–Crippen MR) is 56.9 cm³/mol. The Hall–Kier alpha value is -0.570. The monoisotopic (exact) mass is 243 g/mol. The van der Waals surface area contributed by atoms with Crippen molar-refractivity contribution in [1.29, 1.82) is 0 Å². The molecule has 13 heavy (non-hydrogen) atoms. The molecule has 0 saturated carbocycles. The van der Waals surface area contributed by atoms with Crippen molar-refractivity contribution < 1.29 is 4.74 Å². The van der Waals surface area contributed by atoms with Gasteiger partial charge >= 0.3 is 0 Å². The van der Waals surface area contributed by atoms with Crippen LogP contribution in [-0.4, -0.2) is 11.6 Å². The van der Waals surface area contributed by atoms with E-state index < -0.39 is 0 Å². The number of hydrogen-bond donors (Lipinski definition) is 0. The molecule has 1 aromatic rings. The third-order valence-corrected chi connectivity index (χ3v) is 2.05. The van der Waals surface area contributed by atoms with Gasteiger partial charge in [0.05, 0.1) is 17.3 Å². The maximum atomic E-state index is 5.59. The average Bonchev–Trinajstić information content (AvgIpc) is 2.01. The lowest BCUT2D eigenvalue weighted by Gasteiger charge is -2.19. The highest BCUT2D eigenvalue weighted by atomic mass is 79.9. The van der Waals surface area contributed by atoms with E-state index in [0.29, 0.717) is 6.61 Å². The van der Waals surface area contributed by atoms with Gasteiger partial charge in [0, 0.05) is 6.20 Å². The summed E-state index contributed by atoms with van der Waals surface area (Å²) in [4.78, 5) is 3.99. The Morgan fingerprint density at radius 1 is 1.46 bits per heavy atom. The standard InChI is InChI=1S/C10H14BrNO/c1-10(2,3)7-13-9-6-12-5-4-8(9)11/h4-6H,7H2,1-3H3. The molecule has 72 valence electrons. The number of aromatic nitrogens is 1. The van der Waals surface area contributed by atoms with Crippen LogP contribution in [0.25, 0.3) is 0 Å². The van der Waals surface area contributed by atoms with Crippen molar-refractivity contribution in [2.75, 3.05) is 6.61 Å². The van der Waals surface area contributed by atoms with Gasteiger partial charge in [0.15, 0.2) is 5.75 Å². The molecular formula is C10H14BrNO. The van der Waals surface area contributed by atoms with Crippen LogP contribution in [0.4, 0.5) is 0 Å². The molecule has 0 N–H and O–H groups in total. The van der Waals surface area contributed by atoms with Crippen LogP contribution in [-0.2, 0) is 0 Å². The Morgan fingerprint density at radius 3 is 2.69 bits per heavy atom. The summed E-state index contributed by atoms with van der Waals surface area (Å²) in [6.45, 7) is 7.10. The summed E-state index contributed by atoms with van der Waals surface area (Å²) in [5.74, 6) is 0.803. The zero-order valence-corrected chi connectivity index (χ0v) is 9.76. The second-order valence-electron chi connectivity index (χ2n) is 4.16. The van der Waals surface area contributed by atoms with Crippen LogP contribution >= 0.6 is 15.9 Å². The Bertz CT molecular complexity index is 280. The summed E-state index contributed by atoms with van der Waals surface area (Å²) in [6.07, 6.45) is 3.45. The van der Waals surface area contributed by atoms with Gasteiger partial charge in [-0.3, -0.25) is 4.98 Å². The number of nitrogens with zero attached hydrogens (tertiary/aromatic N) is 1. The molecule has 0 aliphatic carbocycles. The van der Waals surface area contributed by atoms with E-state index in [9.17, 15) is 0 Å². The number of hydrogen-bond acceptors (Lipinski definition) is 2. The average molecular weight is 244 g/mol. The molecule has 0 saturated heterocycles. The Balaban J connectivity index is 2.60. The van der Waals surface area contributed by atoms with Gasteiger partial charge in [0.2, 0.25) is 0 Å². The van der Waals surface area contributed by atoms with Gasteiger partial charge < -0.3 is 4.74 Å². The highest BCUT2D eigenvalue weighted by molar-refractivity contribution is 9.10. The molecule has 1 rings (SSSR count). The fraction of sp³-hybridized carbons (Fsp3) is 0.500. The number of pyridine rings is 1. The third-order valence-electron chi connectivity index (χ3n) is 1.39. The summed E-state index contributed by atoms with van der Waals surface area (Å²) in [5.41, 5.74) is 0.176. The minimum absolute atomic E-state index is 0.176. The molecule has 3 heteroatoms. The first-order chi connectivity index (χ1) is 5.99. The zero-order valence-electron chi connectivity index (χ0n) is 8.17. The Labute approximate surface area is 87.5 Å². The maximum Gasteiger partial charge on any atom is 0.151 e. The van der Waals surface area contributed by atoms with Crippen LogP contribution < -0.4 is 4.74 Å². The normalized spacial score (nSPS) is 11.4. The summed E-state index contributed by atoms with van der Waals surface area (Å²) >= 11 is 3.40. The van der Waals surface area contributed by atoms with Crippen molar-refractivity contribution in [2.24, 2.45) is 5.41 Å². The first kappa shape index (κ1) is 10.5. The van der Waals surface area contributed by atoms with Crippen molar-refractivity contribution in [2.45, 2.75) is 20.8 Å². The van der Waals surface area contributed by atoms with E-state index in [1.165, 1.54) is 0 Å². The van der Waals surface area contributed by atoms with E-state index in [2.05, 4.69) is 41.7 Å². The molecule has 0 radical (unpaired) electrons. The lowest BCUT2D eigenvalue weighted by atomic mass is 9.99. The first-order valence-corrected chi connectivity index (χ1v) is 5.01. The molecular weight excluding hydrogens is 230 g/mol. The van der Waals surface area contributed by atoms with Gasteiger partial charge in [-0.25, -0.2) is 0 Å². The smallest absolute Gasteiger partial charge is 0.151 e. The van der Waals surface area contributed by atoms with Crippen molar-refractivity contribution in [3.8, 4) is 5.75 Å². The second-order valence-corrected chi connectivity index (χ2v) is 5.01. The van der Waals surface area contributed by atoms with Crippen LogP contribution in [0, 0.1) is 5.41 Å². The molecule has 0 bridgehead atoms. The van der Waals surface area contributed by atoms with E-state index in [4.69, 9.17) is 4.74 Å². The van der Waals surface area contributed by atoms with Crippen LogP contribution in [0.1, 0.15) is 20.8 Å². The van der Waals surface area contributed by atoms with E-state index in [-0.39, 0.29) is 5.41 Å². The van der Waals surface area contributed by atoms with Crippen molar-refractivity contribution >= 4 is 15.9 Å². The number of ether oxygens (including phenoxy) is 1. The molecule has 0 amide bonds. The van der Waals surface area contributed by atoms with Crippen LogP contribution in [0.15, 0.2) is 22.9 Å². The van der Waals surface area contributed by atoms with E-state index >= 15 is 0 Å². The predicted octanol–water partition coefficient (Wildman–Crippen LogP) is 3.27. The molecule has 0 aliphatic heterocycles. The fourth-order valence-electron chi connectivity index (χ4n) is 0.763. The molecule has 0 aromatic carbocycles. The molecule has 0 atom stereocenters. The molecule has 1 heterocycles. The molecule has 0 fully saturated rings. The highest BCUT2D eigenvalue weighted by Gasteiger charge is 2.11. The molecule has 1 aromatic heterocycles. The lowest BCUT2D eigenvalue weighted by molar-refractivity contribution is 0.196. The van der Waals surface area contributed by atoms with Crippen molar-refractivity contribution in [3.63, 3.8) is 0 Å². The SMILES string of the molecule is CC(C)(C)COc1cnccc1Br. The fourth-order valence-corrected chi connectivity index (χ4v) is 1.10. The maximum absolute atomic E-state index is 5.59. The quantitative estimate of drug-likeness (QED) is 0.796. The summed E-state index contributed by atoms with van der Waals surface area (Å²) < 4.78 is 6.54. The summed E-state index contributed by atoms with van der Waals surface area (Å²) in [6, 6.07) is 1.87. The van der Waals surface area contributed by atoms with Gasteiger partial charge in [-0.15, -0.1) is 0 Å². The molecule has 0 aliphatic rings. The van der Waals surface area contributed by atoms with Crippen LogP contribution in [0.2, 0.25) is 0 Å². The lowest BCUT2D eigenvalue weighted by Crippen LogP contribution is -2.17. The van der Waals surface area contributed by atoms with Crippen molar-refractivity contribution in [1.82, 2.24) is 4.98 Å². The van der Waals surface area contributed by atoms with Gasteiger partial charge in [-0.1, -0.05) is 20.8 Å². The first-order valence-electron chi connectivity index (χ1n) is 4.21. The molecule has 0 unspecified atom stereocenters. The third kappa shape index (κ3) is 3.77. The van der Waals surface area contributed by atoms with Gasteiger partial charge in [-0.2, -0.15) is 0 Å². The Morgan fingerprint density at radius 2 is 2.15 bits per heavy atom. The van der Waals surface area contributed by atoms with Gasteiger partial charge in [0.1, 0.15) is 0 Å². The summed E-state index contributed by atoms with van der Waals surface area (Å²) in [5, 5.41) is 0. The van der Waals surface area contributed by atoms with Gasteiger partial charge in [0.25, 0.3) is 0 Å². The van der Waals surface area contributed by atoms with Gasteiger partial charge in [-0.05, 0) is 27.4 Å². The van der Waals surface area contributed by atoms with E-state index in [0.717, 1.165) is 10.2 Å².